The van der Waals surface area contributed by atoms with E-state index in [1.165, 1.54) is 15.6 Å². The van der Waals surface area contributed by atoms with E-state index in [1.807, 2.05) is 12.1 Å². The second kappa shape index (κ2) is 3.49. The van der Waals surface area contributed by atoms with Crippen molar-refractivity contribution in [3.63, 3.8) is 0 Å². The van der Waals surface area contributed by atoms with Gasteiger partial charge in [-0.1, -0.05) is 30.1 Å². The highest BCUT2D eigenvalue weighted by Crippen LogP contribution is 2.33. The summed E-state index contributed by atoms with van der Waals surface area (Å²) < 4.78 is 1.21. The predicted octanol–water partition coefficient (Wildman–Crippen LogP) is 4.77. The molecule has 1 aromatic heterocycles. The standard InChI is InChI=1S/C10H8Cl2S/c1-2-6-5-13-10-4-9(12)8(11)3-7(6)10/h3-5H,2H2,1H3. The zero-order valence-electron chi connectivity index (χ0n) is 7.10. The Hall–Kier alpha value is -0.240. The molecule has 68 valence electrons. The highest BCUT2D eigenvalue weighted by atomic mass is 35.5. The van der Waals surface area contributed by atoms with Crippen molar-refractivity contribution in [3.8, 4) is 0 Å². The minimum Gasteiger partial charge on any atom is -0.143 e. The number of thiophene rings is 1. The summed E-state index contributed by atoms with van der Waals surface area (Å²) in [5, 5.41) is 4.68. The molecule has 0 N–H and O–H groups in total. The molecule has 0 spiro atoms. The number of halogens is 2. The molecule has 0 nitrogen and oxygen atoms in total. The van der Waals surface area contributed by atoms with Crippen LogP contribution in [0.4, 0.5) is 0 Å². The molecule has 2 aromatic rings. The summed E-state index contributed by atoms with van der Waals surface area (Å²) in [5.74, 6) is 0. The zero-order chi connectivity index (χ0) is 9.42. The quantitative estimate of drug-likeness (QED) is 0.663. The number of benzene rings is 1. The minimum atomic E-state index is 0.638. The van der Waals surface area contributed by atoms with Crippen LogP contribution in [-0.4, -0.2) is 0 Å². The Labute approximate surface area is 91.1 Å². The summed E-state index contributed by atoms with van der Waals surface area (Å²) in [6.07, 6.45) is 1.04. The second-order valence-electron chi connectivity index (χ2n) is 2.88. The summed E-state index contributed by atoms with van der Waals surface area (Å²) in [6, 6.07) is 3.89. The molecule has 0 saturated heterocycles. The van der Waals surface area contributed by atoms with E-state index in [0.717, 1.165) is 6.42 Å². The van der Waals surface area contributed by atoms with Crippen LogP contribution in [-0.2, 0) is 6.42 Å². The van der Waals surface area contributed by atoms with Gasteiger partial charge < -0.3 is 0 Å². The van der Waals surface area contributed by atoms with Gasteiger partial charge in [0, 0.05) is 4.70 Å². The monoisotopic (exact) mass is 230 g/mol. The van der Waals surface area contributed by atoms with E-state index in [2.05, 4.69) is 12.3 Å². The fourth-order valence-electron chi connectivity index (χ4n) is 1.35. The van der Waals surface area contributed by atoms with Gasteiger partial charge in [-0.3, -0.25) is 0 Å². The molecule has 13 heavy (non-hydrogen) atoms. The molecule has 0 bridgehead atoms. The first-order valence-corrected chi connectivity index (χ1v) is 5.71. The number of hydrogen-bond acceptors (Lipinski definition) is 1. The molecule has 1 aromatic carbocycles. The van der Waals surface area contributed by atoms with Crippen molar-refractivity contribution in [2.24, 2.45) is 0 Å². The molecule has 1 heterocycles. The molecule has 0 saturated carbocycles. The Morgan fingerprint density at radius 1 is 1.23 bits per heavy atom. The molecule has 0 aliphatic heterocycles. The van der Waals surface area contributed by atoms with Crippen molar-refractivity contribution >= 4 is 44.6 Å². The van der Waals surface area contributed by atoms with Gasteiger partial charge in [0.25, 0.3) is 0 Å². The van der Waals surface area contributed by atoms with E-state index in [1.54, 1.807) is 11.3 Å². The van der Waals surface area contributed by atoms with E-state index >= 15 is 0 Å². The number of fused-ring (bicyclic) bond motifs is 1. The summed E-state index contributed by atoms with van der Waals surface area (Å²) in [7, 11) is 0. The van der Waals surface area contributed by atoms with Crippen molar-refractivity contribution in [1.82, 2.24) is 0 Å². The lowest BCUT2D eigenvalue weighted by atomic mass is 10.1. The third-order valence-electron chi connectivity index (χ3n) is 2.08. The fourth-order valence-corrected chi connectivity index (χ4v) is 2.81. The summed E-state index contributed by atoms with van der Waals surface area (Å²) in [5.41, 5.74) is 1.35. The molecule has 0 aliphatic carbocycles. The average molecular weight is 231 g/mol. The molecular formula is C10H8Cl2S. The molecule has 2 rings (SSSR count). The van der Waals surface area contributed by atoms with Gasteiger partial charge in [-0.25, -0.2) is 0 Å². The first-order chi connectivity index (χ1) is 6.22. The Balaban J connectivity index is 2.77. The molecule has 0 atom stereocenters. The van der Waals surface area contributed by atoms with Crippen molar-refractivity contribution in [1.29, 1.82) is 0 Å². The molecular weight excluding hydrogens is 223 g/mol. The maximum absolute atomic E-state index is 5.95. The van der Waals surface area contributed by atoms with Gasteiger partial charge in [-0.05, 0) is 34.9 Å². The van der Waals surface area contributed by atoms with Crippen LogP contribution in [0.1, 0.15) is 12.5 Å². The van der Waals surface area contributed by atoms with Crippen molar-refractivity contribution in [2.75, 3.05) is 0 Å². The maximum Gasteiger partial charge on any atom is 0.0606 e. The lowest BCUT2D eigenvalue weighted by molar-refractivity contribution is 1.17. The van der Waals surface area contributed by atoms with Gasteiger partial charge in [0.15, 0.2) is 0 Å². The Bertz CT molecular complexity index is 445. The topological polar surface area (TPSA) is 0 Å². The van der Waals surface area contributed by atoms with Crippen LogP contribution in [0, 0.1) is 0 Å². The second-order valence-corrected chi connectivity index (χ2v) is 4.60. The van der Waals surface area contributed by atoms with Gasteiger partial charge in [0.1, 0.15) is 0 Å². The van der Waals surface area contributed by atoms with E-state index in [9.17, 15) is 0 Å². The molecule has 0 radical (unpaired) electrons. The zero-order valence-corrected chi connectivity index (χ0v) is 9.43. The lowest BCUT2D eigenvalue weighted by Gasteiger charge is -1.97. The molecule has 0 fully saturated rings. The Morgan fingerprint density at radius 3 is 2.62 bits per heavy atom. The first-order valence-electron chi connectivity index (χ1n) is 4.07. The third kappa shape index (κ3) is 1.56. The van der Waals surface area contributed by atoms with Gasteiger partial charge in [-0.15, -0.1) is 11.3 Å². The van der Waals surface area contributed by atoms with Crippen molar-refractivity contribution in [3.05, 3.63) is 33.1 Å². The Morgan fingerprint density at radius 2 is 1.92 bits per heavy atom. The normalized spacial score (nSPS) is 11.0. The first kappa shape index (κ1) is 9.32. The lowest BCUT2D eigenvalue weighted by Crippen LogP contribution is -1.75. The van der Waals surface area contributed by atoms with Gasteiger partial charge in [0.05, 0.1) is 10.0 Å². The van der Waals surface area contributed by atoms with Gasteiger partial charge in [0.2, 0.25) is 0 Å². The summed E-state index contributed by atoms with van der Waals surface area (Å²) in [4.78, 5) is 0. The predicted molar refractivity (Wildman–Crippen MR) is 61.2 cm³/mol. The molecule has 0 unspecified atom stereocenters. The van der Waals surface area contributed by atoms with Gasteiger partial charge >= 0.3 is 0 Å². The van der Waals surface area contributed by atoms with Crippen LogP contribution in [0.2, 0.25) is 10.0 Å². The van der Waals surface area contributed by atoms with E-state index in [0.29, 0.717) is 10.0 Å². The van der Waals surface area contributed by atoms with Crippen LogP contribution in [0.25, 0.3) is 10.1 Å². The minimum absolute atomic E-state index is 0.638. The average Bonchev–Trinajstić information content (AvgIpc) is 2.48. The number of hydrogen-bond donors (Lipinski definition) is 0. The van der Waals surface area contributed by atoms with E-state index in [4.69, 9.17) is 23.2 Å². The summed E-state index contributed by atoms with van der Waals surface area (Å²) >= 11 is 13.6. The smallest absolute Gasteiger partial charge is 0.0606 e. The summed E-state index contributed by atoms with van der Waals surface area (Å²) in [6.45, 7) is 2.14. The number of rotatable bonds is 1. The van der Waals surface area contributed by atoms with Crippen LogP contribution in [0.15, 0.2) is 17.5 Å². The van der Waals surface area contributed by atoms with E-state index in [-0.39, 0.29) is 0 Å². The SMILES string of the molecule is CCc1csc2cc(Cl)c(Cl)cc12. The molecule has 0 aliphatic rings. The van der Waals surface area contributed by atoms with Crippen LogP contribution < -0.4 is 0 Å². The van der Waals surface area contributed by atoms with Gasteiger partial charge in [-0.2, -0.15) is 0 Å². The van der Waals surface area contributed by atoms with Crippen LogP contribution in [0.5, 0.6) is 0 Å². The number of aryl methyl sites for hydroxylation is 1. The maximum atomic E-state index is 5.95. The Kier molecular flexibility index (Phi) is 2.50. The largest absolute Gasteiger partial charge is 0.143 e. The highest BCUT2D eigenvalue weighted by molar-refractivity contribution is 7.17. The van der Waals surface area contributed by atoms with Crippen molar-refractivity contribution in [2.45, 2.75) is 13.3 Å². The highest BCUT2D eigenvalue weighted by Gasteiger charge is 2.05. The van der Waals surface area contributed by atoms with Crippen LogP contribution in [0.3, 0.4) is 0 Å². The van der Waals surface area contributed by atoms with Crippen molar-refractivity contribution < 1.29 is 0 Å². The molecule has 3 heteroatoms. The molecule has 0 amide bonds. The third-order valence-corrected chi connectivity index (χ3v) is 3.79. The van der Waals surface area contributed by atoms with Crippen LogP contribution >= 0.6 is 34.5 Å². The van der Waals surface area contributed by atoms with E-state index < -0.39 is 0 Å². The fraction of sp³-hybridized carbons (Fsp3) is 0.200.